The zero-order valence-corrected chi connectivity index (χ0v) is 17.2. The lowest BCUT2D eigenvalue weighted by atomic mass is 10.1. The van der Waals surface area contributed by atoms with Crippen LogP contribution >= 0.6 is 0 Å². The fourth-order valence-electron chi connectivity index (χ4n) is 3.72. The Kier molecular flexibility index (Phi) is 9.54. The first-order chi connectivity index (χ1) is 13.2. The summed E-state index contributed by atoms with van der Waals surface area (Å²) in [5.41, 5.74) is 1.32. The van der Waals surface area contributed by atoms with Crippen LogP contribution in [0.25, 0.3) is 0 Å². The van der Waals surface area contributed by atoms with Gasteiger partial charge in [0.15, 0.2) is 0 Å². The van der Waals surface area contributed by atoms with Crippen molar-refractivity contribution in [2.75, 3.05) is 24.7 Å². The molecule has 150 valence electrons. The molecule has 1 aliphatic rings. The summed E-state index contributed by atoms with van der Waals surface area (Å²) in [6.45, 7) is 6.99. The monoisotopic (exact) mass is 372 g/mol. The van der Waals surface area contributed by atoms with E-state index in [0.717, 1.165) is 31.6 Å². The normalized spacial score (nSPS) is 13.7. The number of carbonyl (C=O) groups is 2. The fourth-order valence-corrected chi connectivity index (χ4v) is 3.72. The zero-order valence-electron chi connectivity index (χ0n) is 17.2. The van der Waals surface area contributed by atoms with E-state index in [1.807, 2.05) is 18.2 Å². The van der Waals surface area contributed by atoms with Crippen molar-refractivity contribution in [1.29, 1.82) is 0 Å². The molecule has 0 aliphatic carbocycles. The molecule has 0 spiro atoms. The van der Waals surface area contributed by atoms with Gasteiger partial charge in [0.05, 0.1) is 17.9 Å². The summed E-state index contributed by atoms with van der Waals surface area (Å²) >= 11 is 0. The Morgan fingerprint density at radius 1 is 0.778 bits per heavy atom. The largest absolute Gasteiger partial charge is 0.300 e. The second-order valence-corrected chi connectivity index (χ2v) is 7.67. The van der Waals surface area contributed by atoms with Crippen molar-refractivity contribution >= 4 is 17.4 Å². The van der Waals surface area contributed by atoms with E-state index in [-0.39, 0.29) is 11.7 Å². The average molecular weight is 373 g/mol. The predicted molar refractivity (Wildman–Crippen MR) is 112 cm³/mol. The second-order valence-electron chi connectivity index (χ2n) is 7.67. The number of nitrogens with zero attached hydrogens (tertiary/aromatic N) is 2. The van der Waals surface area contributed by atoms with E-state index >= 15 is 0 Å². The number of hydrogen-bond acceptors (Lipinski definition) is 3. The molecule has 1 aromatic rings. The van der Waals surface area contributed by atoms with Gasteiger partial charge in [0.2, 0.25) is 0 Å². The molecule has 2 rings (SSSR count). The maximum Gasteiger partial charge on any atom is 0.300 e. The van der Waals surface area contributed by atoms with Crippen LogP contribution in [0, 0.1) is 0 Å². The Hall–Kier alpha value is -1.68. The van der Waals surface area contributed by atoms with E-state index in [1.165, 1.54) is 51.4 Å². The highest BCUT2D eigenvalue weighted by atomic mass is 16.2. The molecule has 4 nitrogen and oxygen atoms in total. The van der Waals surface area contributed by atoms with Crippen molar-refractivity contribution in [3.63, 3.8) is 0 Å². The Morgan fingerprint density at radius 2 is 1.33 bits per heavy atom. The number of hydrogen-bond donors (Lipinski definition) is 0. The Bertz CT molecular complexity index is 586. The van der Waals surface area contributed by atoms with E-state index in [4.69, 9.17) is 0 Å². The first-order valence-corrected chi connectivity index (χ1v) is 10.9. The van der Waals surface area contributed by atoms with Crippen LogP contribution in [0.15, 0.2) is 24.3 Å². The van der Waals surface area contributed by atoms with Crippen molar-refractivity contribution in [3.8, 4) is 0 Å². The summed E-state index contributed by atoms with van der Waals surface area (Å²) in [5.74, 6) is -0.741. The van der Waals surface area contributed by atoms with Crippen molar-refractivity contribution in [3.05, 3.63) is 29.8 Å². The highest BCUT2D eigenvalue weighted by Gasteiger charge is 2.36. The summed E-state index contributed by atoms with van der Waals surface area (Å²) in [7, 11) is 0. The minimum Gasteiger partial charge on any atom is -0.291 e. The number of amides is 1. The van der Waals surface area contributed by atoms with Gasteiger partial charge in [0.25, 0.3) is 5.78 Å². The molecule has 1 aliphatic heterocycles. The van der Waals surface area contributed by atoms with E-state index in [9.17, 15) is 9.59 Å². The summed E-state index contributed by atoms with van der Waals surface area (Å²) < 4.78 is 0. The van der Waals surface area contributed by atoms with Crippen molar-refractivity contribution in [2.45, 2.75) is 78.1 Å². The van der Waals surface area contributed by atoms with Gasteiger partial charge in [-0.3, -0.25) is 19.4 Å². The number of unbranched alkanes of at least 4 members (excludes halogenated alkanes) is 8. The van der Waals surface area contributed by atoms with E-state index in [0.29, 0.717) is 12.2 Å². The van der Waals surface area contributed by atoms with Gasteiger partial charge in [0, 0.05) is 0 Å². The highest BCUT2D eigenvalue weighted by Crippen LogP contribution is 2.28. The van der Waals surface area contributed by atoms with Gasteiger partial charge in [0.1, 0.15) is 0 Å². The number of Topliss-reactive ketones (excluding diaryl/α,β-unsaturated/α-hetero) is 1. The molecule has 4 heteroatoms. The van der Waals surface area contributed by atoms with Crippen LogP contribution in [-0.2, 0) is 4.79 Å². The quantitative estimate of drug-likeness (QED) is 0.323. The maximum atomic E-state index is 12.5. The topological polar surface area (TPSA) is 40.6 Å². The number of carbonyl (C=O) groups excluding carboxylic acids is 2. The fraction of sp³-hybridized carbons (Fsp3) is 0.652. The van der Waals surface area contributed by atoms with Crippen LogP contribution in [0.1, 0.15) is 88.4 Å². The molecule has 0 saturated carbocycles. The number of ketones is 1. The number of fused-ring (bicyclic) bond motifs is 1. The van der Waals surface area contributed by atoms with E-state index in [2.05, 4.69) is 18.7 Å². The highest BCUT2D eigenvalue weighted by molar-refractivity contribution is 6.52. The average Bonchev–Trinajstić information content (AvgIpc) is 2.92. The lowest BCUT2D eigenvalue weighted by molar-refractivity contribution is -0.114. The van der Waals surface area contributed by atoms with Crippen molar-refractivity contribution in [1.82, 2.24) is 4.90 Å². The number of rotatable bonds is 14. The molecule has 0 radical (unpaired) electrons. The van der Waals surface area contributed by atoms with Gasteiger partial charge >= 0.3 is 5.91 Å². The van der Waals surface area contributed by atoms with Crippen molar-refractivity contribution < 1.29 is 9.59 Å². The summed E-state index contributed by atoms with van der Waals surface area (Å²) in [6, 6.07) is 7.37. The van der Waals surface area contributed by atoms with Crippen LogP contribution in [0.3, 0.4) is 0 Å². The Labute approximate surface area is 164 Å². The second kappa shape index (κ2) is 11.9. The molecule has 0 atom stereocenters. The molecule has 1 aromatic carbocycles. The molecule has 27 heavy (non-hydrogen) atoms. The Balaban J connectivity index is 1.93. The van der Waals surface area contributed by atoms with Crippen LogP contribution < -0.4 is 4.90 Å². The molecule has 1 heterocycles. The van der Waals surface area contributed by atoms with Crippen molar-refractivity contribution in [2.24, 2.45) is 0 Å². The van der Waals surface area contributed by atoms with Crippen LogP contribution in [0.2, 0.25) is 0 Å². The summed E-state index contributed by atoms with van der Waals surface area (Å²) in [5, 5.41) is 0. The third-order valence-electron chi connectivity index (χ3n) is 5.38. The number of anilines is 1. The lowest BCUT2D eigenvalue weighted by Crippen LogP contribution is -2.41. The van der Waals surface area contributed by atoms with Gasteiger partial charge in [-0.15, -0.1) is 0 Å². The summed E-state index contributed by atoms with van der Waals surface area (Å²) in [6.07, 6.45) is 12.5. The van der Waals surface area contributed by atoms with Gasteiger partial charge in [-0.05, 0) is 38.1 Å². The summed E-state index contributed by atoms with van der Waals surface area (Å²) in [4.78, 5) is 28.8. The lowest BCUT2D eigenvalue weighted by Gasteiger charge is -2.28. The smallest absolute Gasteiger partial charge is 0.291 e. The van der Waals surface area contributed by atoms with Crippen LogP contribution in [-0.4, -0.2) is 36.3 Å². The van der Waals surface area contributed by atoms with Gasteiger partial charge in [-0.1, -0.05) is 77.3 Å². The SMILES string of the molecule is CCCCCCCN(CCCCCCC)CN1C(=O)C(=O)c2ccccc21. The molecule has 0 aromatic heterocycles. The van der Waals surface area contributed by atoms with E-state index in [1.54, 1.807) is 11.0 Å². The minimum absolute atomic E-state index is 0.364. The molecular formula is C23H36N2O2. The first-order valence-electron chi connectivity index (χ1n) is 10.9. The van der Waals surface area contributed by atoms with Gasteiger partial charge < -0.3 is 0 Å². The molecular weight excluding hydrogens is 336 g/mol. The third kappa shape index (κ3) is 6.46. The molecule has 0 N–H and O–H groups in total. The molecule has 0 bridgehead atoms. The molecule has 1 amide bonds. The standard InChI is InChI=1S/C23H36N2O2/c1-3-5-7-9-13-17-24(18-14-10-8-6-4-2)19-25-21-16-12-11-15-20(21)22(26)23(25)27/h11-12,15-16H,3-10,13-14,17-19H2,1-2H3. The minimum atomic E-state index is -0.377. The molecule has 0 fully saturated rings. The van der Waals surface area contributed by atoms with Crippen LogP contribution in [0.4, 0.5) is 5.69 Å². The number of benzene rings is 1. The van der Waals surface area contributed by atoms with Gasteiger partial charge in [-0.2, -0.15) is 0 Å². The predicted octanol–water partition coefficient (Wildman–Crippen LogP) is 5.42. The maximum absolute atomic E-state index is 12.5. The molecule has 0 saturated heterocycles. The Morgan fingerprint density at radius 3 is 1.93 bits per heavy atom. The third-order valence-corrected chi connectivity index (χ3v) is 5.38. The van der Waals surface area contributed by atoms with E-state index < -0.39 is 0 Å². The van der Waals surface area contributed by atoms with Crippen LogP contribution in [0.5, 0.6) is 0 Å². The first kappa shape index (κ1) is 21.6. The molecule has 0 unspecified atom stereocenters. The van der Waals surface area contributed by atoms with Gasteiger partial charge in [-0.25, -0.2) is 0 Å². The zero-order chi connectivity index (χ0) is 19.5. The number of para-hydroxylation sites is 1.